The zero-order chi connectivity index (χ0) is 24.9. The minimum absolute atomic E-state index is 0.323. The molecule has 36 heavy (non-hydrogen) atoms. The molecule has 0 radical (unpaired) electrons. The molecule has 0 spiro atoms. The van der Waals surface area contributed by atoms with Gasteiger partial charge in [0.25, 0.3) is 5.91 Å². The van der Waals surface area contributed by atoms with E-state index >= 15 is 0 Å². The summed E-state index contributed by atoms with van der Waals surface area (Å²) in [6.45, 7) is 0. The topological polar surface area (TPSA) is 84.0 Å². The molecule has 6 nitrogen and oxygen atoms in total. The first kappa shape index (κ1) is 23.7. The maximum atomic E-state index is 13.3. The molecular formula is C28H21ClN4O2S. The molecule has 0 bridgehead atoms. The van der Waals surface area contributed by atoms with Crippen molar-refractivity contribution in [3.05, 3.63) is 113 Å². The molecule has 178 valence electrons. The van der Waals surface area contributed by atoms with Gasteiger partial charge in [-0.1, -0.05) is 95.7 Å². The van der Waals surface area contributed by atoms with Gasteiger partial charge in [-0.05, 0) is 40.6 Å². The Labute approximate surface area is 217 Å². The first-order valence-electron chi connectivity index (χ1n) is 11.3. The Bertz CT molecular complexity index is 1520. The number of benzene rings is 4. The number of fused-ring (bicyclic) bond motifs is 1. The van der Waals surface area contributed by atoms with Gasteiger partial charge in [-0.15, -0.1) is 10.2 Å². The van der Waals surface area contributed by atoms with Crippen LogP contribution in [0, 0.1) is 0 Å². The fourth-order valence-corrected chi connectivity index (χ4v) is 4.68. The van der Waals surface area contributed by atoms with Crippen LogP contribution in [-0.4, -0.2) is 28.1 Å². The van der Waals surface area contributed by atoms with Gasteiger partial charge in [0.2, 0.25) is 11.0 Å². The Morgan fingerprint density at radius 2 is 1.56 bits per heavy atom. The van der Waals surface area contributed by atoms with E-state index in [4.69, 9.17) is 11.6 Å². The summed E-state index contributed by atoms with van der Waals surface area (Å²) in [5, 5.41) is 17.6. The average molecular weight is 513 g/mol. The van der Waals surface area contributed by atoms with Gasteiger partial charge in [0.1, 0.15) is 11.0 Å². The predicted octanol–water partition coefficient (Wildman–Crippen LogP) is 5.99. The van der Waals surface area contributed by atoms with Gasteiger partial charge in [-0.2, -0.15) is 0 Å². The van der Waals surface area contributed by atoms with Crippen molar-refractivity contribution >= 4 is 50.7 Å². The summed E-state index contributed by atoms with van der Waals surface area (Å²) < 4.78 is 0. The van der Waals surface area contributed by atoms with Crippen LogP contribution in [0.3, 0.4) is 0 Å². The second-order valence-electron chi connectivity index (χ2n) is 8.19. The number of carbonyl (C=O) groups excluding carboxylic acids is 2. The van der Waals surface area contributed by atoms with Gasteiger partial charge in [0.05, 0.1) is 0 Å². The van der Waals surface area contributed by atoms with Gasteiger partial charge in [0, 0.05) is 22.6 Å². The molecule has 0 aliphatic rings. The second-order valence-corrected chi connectivity index (χ2v) is 9.60. The third kappa shape index (κ3) is 5.59. The zero-order valence-corrected chi connectivity index (χ0v) is 20.6. The molecule has 0 saturated carbocycles. The van der Waals surface area contributed by atoms with Gasteiger partial charge >= 0.3 is 0 Å². The molecule has 4 aromatic carbocycles. The van der Waals surface area contributed by atoms with E-state index in [2.05, 4.69) is 20.8 Å². The summed E-state index contributed by atoms with van der Waals surface area (Å²) in [5.74, 6) is -0.692. The van der Waals surface area contributed by atoms with Gasteiger partial charge < -0.3 is 5.32 Å². The van der Waals surface area contributed by atoms with E-state index in [9.17, 15) is 9.59 Å². The summed E-state index contributed by atoms with van der Waals surface area (Å²) >= 11 is 7.22. The highest BCUT2D eigenvalue weighted by Crippen LogP contribution is 2.27. The van der Waals surface area contributed by atoms with Crippen LogP contribution in [0.25, 0.3) is 21.3 Å². The van der Waals surface area contributed by atoms with Gasteiger partial charge in [-0.25, -0.2) is 0 Å². The summed E-state index contributed by atoms with van der Waals surface area (Å²) in [6.07, 6.45) is 0.328. The number of aromatic nitrogens is 2. The largest absolute Gasteiger partial charge is 0.340 e. The number of nitrogens with one attached hydrogen (secondary N) is 2. The van der Waals surface area contributed by atoms with Crippen molar-refractivity contribution in [1.82, 2.24) is 15.5 Å². The number of nitrogens with zero attached hydrogens (tertiary/aromatic N) is 2. The third-order valence-corrected chi connectivity index (χ3v) is 6.80. The van der Waals surface area contributed by atoms with Crippen LogP contribution < -0.4 is 10.6 Å². The van der Waals surface area contributed by atoms with Crippen molar-refractivity contribution in [3.63, 3.8) is 0 Å². The molecule has 2 amide bonds. The van der Waals surface area contributed by atoms with Crippen LogP contribution in [0.15, 0.2) is 97.1 Å². The summed E-state index contributed by atoms with van der Waals surface area (Å²) in [7, 11) is 0. The van der Waals surface area contributed by atoms with Crippen molar-refractivity contribution in [2.75, 3.05) is 5.32 Å². The maximum Gasteiger partial charge on any atom is 0.251 e. The lowest BCUT2D eigenvalue weighted by Gasteiger charge is -2.18. The Morgan fingerprint density at radius 3 is 2.33 bits per heavy atom. The monoisotopic (exact) mass is 512 g/mol. The third-order valence-electron chi connectivity index (χ3n) is 5.66. The average Bonchev–Trinajstić information content (AvgIpc) is 3.37. The van der Waals surface area contributed by atoms with E-state index in [1.165, 1.54) is 11.3 Å². The SMILES string of the molecule is O=C(NC(Cc1ccccc1)C(=O)Nc1nnc(-c2ccc(Cl)cc2)s1)c1ccc2ccccc2c1. The first-order valence-corrected chi connectivity index (χ1v) is 12.5. The van der Waals surface area contributed by atoms with Crippen LogP contribution in [0.1, 0.15) is 15.9 Å². The predicted molar refractivity (Wildman–Crippen MR) is 144 cm³/mol. The van der Waals surface area contributed by atoms with E-state index in [0.29, 0.717) is 27.1 Å². The molecule has 1 atom stereocenters. The quantitative estimate of drug-likeness (QED) is 0.280. The lowest BCUT2D eigenvalue weighted by Crippen LogP contribution is -2.45. The van der Waals surface area contributed by atoms with E-state index < -0.39 is 6.04 Å². The van der Waals surface area contributed by atoms with E-state index in [1.54, 1.807) is 18.2 Å². The Hall–Kier alpha value is -4.07. The maximum absolute atomic E-state index is 13.3. The first-order chi connectivity index (χ1) is 17.5. The van der Waals surface area contributed by atoms with Gasteiger partial charge in [-0.3, -0.25) is 14.9 Å². The number of halogens is 1. The standard InChI is InChI=1S/C28H21ClN4O2S/c29-23-14-12-20(13-15-23)27-32-33-28(36-27)31-26(35)24(16-18-6-2-1-3-7-18)30-25(34)22-11-10-19-8-4-5-9-21(19)17-22/h1-15,17,24H,16H2,(H,30,34)(H,31,33,35). The van der Waals surface area contributed by atoms with Crippen molar-refractivity contribution in [2.24, 2.45) is 0 Å². The molecule has 1 unspecified atom stereocenters. The van der Waals surface area contributed by atoms with Crippen LogP contribution in [0.5, 0.6) is 0 Å². The van der Waals surface area contributed by atoms with Crippen molar-refractivity contribution in [3.8, 4) is 10.6 Å². The molecule has 1 aromatic heterocycles. The highest BCUT2D eigenvalue weighted by Gasteiger charge is 2.23. The highest BCUT2D eigenvalue weighted by atomic mass is 35.5. The van der Waals surface area contributed by atoms with Gasteiger partial charge in [0.15, 0.2) is 0 Å². The Morgan fingerprint density at radius 1 is 0.833 bits per heavy atom. The number of anilines is 1. The number of rotatable bonds is 7. The molecule has 1 heterocycles. The summed E-state index contributed by atoms with van der Waals surface area (Å²) in [6, 6.07) is 29.3. The second kappa shape index (κ2) is 10.7. The normalized spacial score (nSPS) is 11.7. The highest BCUT2D eigenvalue weighted by molar-refractivity contribution is 7.18. The van der Waals surface area contributed by atoms with E-state index in [1.807, 2.05) is 78.9 Å². The van der Waals surface area contributed by atoms with E-state index in [0.717, 1.165) is 21.9 Å². The Balaban J connectivity index is 1.35. The molecule has 0 fully saturated rings. The molecular weight excluding hydrogens is 492 g/mol. The molecule has 2 N–H and O–H groups in total. The van der Waals surface area contributed by atoms with Crippen LogP contribution >= 0.6 is 22.9 Å². The van der Waals surface area contributed by atoms with Crippen molar-refractivity contribution in [2.45, 2.75) is 12.5 Å². The summed E-state index contributed by atoms with van der Waals surface area (Å²) in [5.41, 5.74) is 2.26. The lowest BCUT2D eigenvalue weighted by molar-refractivity contribution is -0.118. The smallest absolute Gasteiger partial charge is 0.251 e. The van der Waals surface area contributed by atoms with Crippen LogP contribution in [-0.2, 0) is 11.2 Å². The Kier molecular flexibility index (Phi) is 7.02. The molecule has 5 aromatic rings. The minimum atomic E-state index is -0.811. The van der Waals surface area contributed by atoms with Crippen molar-refractivity contribution in [1.29, 1.82) is 0 Å². The number of amides is 2. The number of hydrogen-bond donors (Lipinski definition) is 2. The minimum Gasteiger partial charge on any atom is -0.340 e. The molecule has 5 rings (SSSR count). The molecule has 0 aliphatic carbocycles. The number of carbonyl (C=O) groups is 2. The van der Waals surface area contributed by atoms with E-state index in [-0.39, 0.29) is 11.8 Å². The fourth-order valence-electron chi connectivity index (χ4n) is 3.81. The van der Waals surface area contributed by atoms with Crippen LogP contribution in [0.2, 0.25) is 5.02 Å². The van der Waals surface area contributed by atoms with Crippen molar-refractivity contribution < 1.29 is 9.59 Å². The number of hydrogen-bond acceptors (Lipinski definition) is 5. The molecule has 8 heteroatoms. The lowest BCUT2D eigenvalue weighted by atomic mass is 10.0. The zero-order valence-electron chi connectivity index (χ0n) is 19.0. The molecule has 0 aliphatic heterocycles. The summed E-state index contributed by atoms with van der Waals surface area (Å²) in [4.78, 5) is 26.4. The molecule has 0 saturated heterocycles. The fraction of sp³-hybridized carbons (Fsp3) is 0.0714. The van der Waals surface area contributed by atoms with Crippen LogP contribution in [0.4, 0.5) is 5.13 Å².